The first kappa shape index (κ1) is 28.4. The molecule has 222 valence electrons. The summed E-state index contributed by atoms with van der Waals surface area (Å²) in [6, 6.07) is 30.5. The van der Waals surface area contributed by atoms with Crippen molar-refractivity contribution in [1.29, 1.82) is 0 Å². The molecule has 0 radical (unpaired) electrons. The van der Waals surface area contributed by atoms with Gasteiger partial charge in [-0.1, -0.05) is 131 Å². The average molecular weight is 560 g/mol. The van der Waals surface area contributed by atoms with Crippen LogP contribution in [0.5, 0.6) is 0 Å². The lowest BCUT2D eigenvalue weighted by molar-refractivity contribution is 0.429. The van der Waals surface area contributed by atoms with Gasteiger partial charge in [0.2, 0.25) is 0 Å². The molecule has 4 fully saturated rings. The van der Waals surface area contributed by atoms with Crippen LogP contribution in [-0.4, -0.2) is 12.6 Å². The summed E-state index contributed by atoms with van der Waals surface area (Å²) in [5, 5.41) is 4.03. The molecule has 1 unspecified atom stereocenters. The molecule has 4 aliphatic rings. The van der Waals surface area contributed by atoms with E-state index in [1.807, 2.05) is 0 Å². The van der Waals surface area contributed by atoms with Crippen molar-refractivity contribution in [2.45, 2.75) is 138 Å². The molecule has 3 aromatic rings. The molecule has 0 amide bonds. The van der Waals surface area contributed by atoms with E-state index in [1.54, 1.807) is 16.7 Å². The smallest absolute Gasteiger partial charge is 0.0604 e. The summed E-state index contributed by atoms with van der Waals surface area (Å²) in [7, 11) is 0. The maximum Gasteiger partial charge on any atom is 0.0604 e. The largest absolute Gasteiger partial charge is 0.312 e. The van der Waals surface area contributed by atoms with Gasteiger partial charge in [0.05, 0.1) is 5.41 Å². The van der Waals surface area contributed by atoms with Crippen molar-refractivity contribution >= 4 is 0 Å². The van der Waals surface area contributed by atoms with Crippen molar-refractivity contribution < 1.29 is 0 Å². The Morgan fingerprint density at radius 3 is 1.00 bits per heavy atom. The van der Waals surface area contributed by atoms with Crippen molar-refractivity contribution in [2.24, 2.45) is 0 Å². The molecule has 1 nitrogen and oxygen atoms in total. The SMILES string of the molecule is c1cc(C(c2ccc(C3CCCCC3)cc2)(c2ccc(C3CCCCC3)cc2)C2CCCN2)ccc1C1CCCCC1. The van der Waals surface area contributed by atoms with Crippen LogP contribution in [0.4, 0.5) is 0 Å². The number of rotatable bonds is 7. The fraction of sp³-hybridized carbons (Fsp3) is 0.561. The summed E-state index contributed by atoms with van der Waals surface area (Å²) in [5.74, 6) is 2.24. The molecule has 0 aromatic heterocycles. The second-order valence-electron chi connectivity index (χ2n) is 14.3. The predicted molar refractivity (Wildman–Crippen MR) is 178 cm³/mol. The summed E-state index contributed by atoms with van der Waals surface area (Å²) in [6.45, 7) is 1.12. The number of hydrogen-bond donors (Lipinski definition) is 1. The van der Waals surface area contributed by atoms with Crippen LogP contribution in [0.1, 0.15) is 160 Å². The monoisotopic (exact) mass is 559 g/mol. The van der Waals surface area contributed by atoms with Gasteiger partial charge in [-0.15, -0.1) is 0 Å². The van der Waals surface area contributed by atoms with Gasteiger partial charge in [-0.25, -0.2) is 0 Å². The maximum atomic E-state index is 4.03. The van der Waals surface area contributed by atoms with E-state index in [1.165, 1.54) is 126 Å². The summed E-state index contributed by atoms with van der Waals surface area (Å²) in [5.41, 5.74) is 8.91. The molecule has 1 heterocycles. The topological polar surface area (TPSA) is 12.0 Å². The standard InChI is InChI=1S/C41H53N/c1-4-11-31(12-5-1)34-18-24-37(25-19-34)41(40-17-10-30-42-40,38-26-20-35(21-27-38)32-13-6-2-7-14-32)39-28-22-36(23-29-39)33-15-8-3-9-16-33/h18-29,31-33,40,42H,1-17,30H2. The molecule has 3 aromatic carbocycles. The van der Waals surface area contributed by atoms with E-state index in [9.17, 15) is 0 Å². The van der Waals surface area contributed by atoms with E-state index in [0.717, 1.165) is 24.3 Å². The lowest BCUT2D eigenvalue weighted by Crippen LogP contribution is -2.47. The summed E-state index contributed by atoms with van der Waals surface area (Å²) in [6.07, 6.45) is 23.2. The first-order chi connectivity index (χ1) is 20.8. The highest BCUT2D eigenvalue weighted by Crippen LogP contribution is 2.47. The predicted octanol–water partition coefficient (Wildman–Crippen LogP) is 10.9. The fourth-order valence-corrected chi connectivity index (χ4v) is 9.52. The molecule has 3 saturated carbocycles. The van der Waals surface area contributed by atoms with Crippen LogP contribution in [0, 0.1) is 0 Å². The van der Waals surface area contributed by atoms with Crippen LogP contribution < -0.4 is 5.32 Å². The minimum Gasteiger partial charge on any atom is -0.312 e. The fourth-order valence-electron chi connectivity index (χ4n) is 9.52. The third kappa shape index (κ3) is 5.63. The summed E-state index contributed by atoms with van der Waals surface area (Å²) in [4.78, 5) is 0. The third-order valence-corrected chi connectivity index (χ3v) is 11.9. The van der Waals surface area contributed by atoms with Crippen molar-refractivity contribution in [3.8, 4) is 0 Å². The maximum absolute atomic E-state index is 4.03. The van der Waals surface area contributed by atoms with Crippen molar-refractivity contribution in [3.05, 3.63) is 106 Å². The van der Waals surface area contributed by atoms with E-state index < -0.39 is 0 Å². The number of nitrogens with one attached hydrogen (secondary N) is 1. The van der Waals surface area contributed by atoms with Crippen LogP contribution in [0.3, 0.4) is 0 Å². The zero-order chi connectivity index (χ0) is 28.2. The molecule has 1 atom stereocenters. The Hall–Kier alpha value is -2.38. The van der Waals surface area contributed by atoms with Gasteiger partial charge in [0.1, 0.15) is 0 Å². The molecule has 3 aliphatic carbocycles. The Bertz CT molecular complexity index is 1100. The minimum atomic E-state index is -0.183. The second-order valence-corrected chi connectivity index (χ2v) is 14.3. The highest BCUT2D eigenvalue weighted by atomic mass is 15.0. The highest BCUT2D eigenvalue weighted by molar-refractivity contribution is 5.54. The highest BCUT2D eigenvalue weighted by Gasteiger charge is 2.45. The van der Waals surface area contributed by atoms with Gasteiger partial charge in [0, 0.05) is 6.04 Å². The second kappa shape index (κ2) is 13.1. The summed E-state index contributed by atoms with van der Waals surface area (Å²) < 4.78 is 0. The van der Waals surface area contributed by atoms with Crippen LogP contribution >= 0.6 is 0 Å². The lowest BCUT2D eigenvalue weighted by atomic mass is 9.63. The third-order valence-electron chi connectivity index (χ3n) is 11.9. The van der Waals surface area contributed by atoms with E-state index in [2.05, 4.69) is 78.1 Å². The van der Waals surface area contributed by atoms with Gasteiger partial charge in [-0.05, 0) is 109 Å². The van der Waals surface area contributed by atoms with E-state index in [0.29, 0.717) is 6.04 Å². The molecule has 7 rings (SSSR count). The number of benzene rings is 3. The minimum absolute atomic E-state index is 0.183. The van der Waals surface area contributed by atoms with Gasteiger partial charge in [0.25, 0.3) is 0 Å². The normalized spacial score (nSPS) is 23.3. The van der Waals surface area contributed by atoms with Crippen molar-refractivity contribution in [1.82, 2.24) is 5.32 Å². The van der Waals surface area contributed by atoms with E-state index in [-0.39, 0.29) is 5.41 Å². The molecule has 0 spiro atoms. The molecule has 0 bridgehead atoms. The molecular formula is C41H53N. The summed E-state index contributed by atoms with van der Waals surface area (Å²) >= 11 is 0. The quantitative estimate of drug-likeness (QED) is 0.284. The van der Waals surface area contributed by atoms with Crippen LogP contribution in [0.25, 0.3) is 0 Å². The lowest BCUT2D eigenvalue weighted by Gasteiger charge is -2.42. The van der Waals surface area contributed by atoms with Crippen molar-refractivity contribution in [3.63, 3.8) is 0 Å². The Labute approximate surface area is 255 Å². The van der Waals surface area contributed by atoms with Crippen LogP contribution in [0.15, 0.2) is 72.8 Å². The molecule has 1 heteroatoms. The zero-order valence-corrected chi connectivity index (χ0v) is 26.0. The van der Waals surface area contributed by atoms with Gasteiger partial charge >= 0.3 is 0 Å². The Kier molecular flexibility index (Phi) is 8.85. The molecule has 42 heavy (non-hydrogen) atoms. The molecule has 1 saturated heterocycles. The van der Waals surface area contributed by atoms with Crippen molar-refractivity contribution in [2.75, 3.05) is 6.54 Å². The Morgan fingerprint density at radius 2 is 0.714 bits per heavy atom. The van der Waals surface area contributed by atoms with Crippen LogP contribution in [0.2, 0.25) is 0 Å². The zero-order valence-electron chi connectivity index (χ0n) is 26.0. The van der Waals surface area contributed by atoms with E-state index >= 15 is 0 Å². The number of hydrogen-bond acceptors (Lipinski definition) is 1. The Morgan fingerprint density at radius 1 is 0.381 bits per heavy atom. The van der Waals surface area contributed by atoms with Crippen LogP contribution in [-0.2, 0) is 5.41 Å². The average Bonchev–Trinajstić information content (AvgIpc) is 3.63. The Balaban J connectivity index is 1.32. The van der Waals surface area contributed by atoms with Gasteiger partial charge in [-0.2, -0.15) is 0 Å². The van der Waals surface area contributed by atoms with E-state index in [4.69, 9.17) is 0 Å². The first-order valence-electron chi connectivity index (χ1n) is 17.9. The van der Waals surface area contributed by atoms with Gasteiger partial charge < -0.3 is 5.32 Å². The van der Waals surface area contributed by atoms with Gasteiger partial charge in [-0.3, -0.25) is 0 Å². The van der Waals surface area contributed by atoms with Gasteiger partial charge in [0.15, 0.2) is 0 Å². The molecular weight excluding hydrogens is 506 g/mol. The molecule has 1 N–H and O–H groups in total. The first-order valence-corrected chi connectivity index (χ1v) is 17.9. The molecule has 1 aliphatic heterocycles.